The molecule has 2 aromatic heterocycles. The van der Waals surface area contributed by atoms with Crippen molar-refractivity contribution in [1.29, 1.82) is 0 Å². The molecule has 0 spiro atoms. The molecule has 0 atom stereocenters. The van der Waals surface area contributed by atoms with E-state index in [1.807, 2.05) is 22.7 Å². The van der Waals surface area contributed by atoms with Gasteiger partial charge in [0.25, 0.3) is 0 Å². The first-order valence-electron chi connectivity index (χ1n) is 16.5. The van der Waals surface area contributed by atoms with Crippen LogP contribution in [0, 0.1) is 13.8 Å². The summed E-state index contributed by atoms with van der Waals surface area (Å²) in [7, 11) is 0. The zero-order valence-corrected chi connectivity index (χ0v) is 27.6. The minimum Gasteiger partial charge on any atom is -0.144 e. The summed E-state index contributed by atoms with van der Waals surface area (Å²) in [5, 5.41) is 4.50. The molecule has 0 unspecified atom stereocenters. The summed E-state index contributed by atoms with van der Waals surface area (Å²) in [6.45, 7) is 9.18. The lowest BCUT2D eigenvalue weighted by atomic mass is 9.70. The zero-order chi connectivity index (χ0) is 28.7. The third kappa shape index (κ3) is 6.60. The monoisotopic (exact) mass is 582 g/mol. The van der Waals surface area contributed by atoms with Gasteiger partial charge in [-0.15, -0.1) is 22.7 Å². The fraction of sp³-hybridized carbons (Fsp3) is 0.487. The van der Waals surface area contributed by atoms with Crippen LogP contribution in [-0.2, 0) is 5.41 Å². The van der Waals surface area contributed by atoms with Gasteiger partial charge >= 0.3 is 0 Å². The van der Waals surface area contributed by atoms with E-state index in [0.29, 0.717) is 0 Å². The zero-order valence-electron chi connectivity index (χ0n) is 26.0. The van der Waals surface area contributed by atoms with Crippen LogP contribution >= 0.6 is 22.7 Å². The van der Waals surface area contributed by atoms with Crippen molar-refractivity contribution in [3.63, 3.8) is 0 Å². The van der Waals surface area contributed by atoms with Crippen molar-refractivity contribution in [1.82, 2.24) is 0 Å². The van der Waals surface area contributed by atoms with Gasteiger partial charge in [0.2, 0.25) is 0 Å². The Morgan fingerprint density at radius 1 is 0.512 bits per heavy atom. The third-order valence-corrected chi connectivity index (χ3v) is 11.7. The molecule has 218 valence electrons. The van der Waals surface area contributed by atoms with E-state index in [-0.39, 0.29) is 5.41 Å². The normalized spacial score (nSPS) is 13.5. The van der Waals surface area contributed by atoms with E-state index in [1.165, 1.54) is 133 Å². The van der Waals surface area contributed by atoms with Gasteiger partial charge in [0, 0.05) is 15.2 Å². The summed E-state index contributed by atoms with van der Waals surface area (Å²) in [6.07, 6.45) is 18.8. The van der Waals surface area contributed by atoms with Crippen LogP contribution in [0.4, 0.5) is 0 Å². The lowest BCUT2D eigenvalue weighted by Gasteiger charge is -2.33. The van der Waals surface area contributed by atoms with E-state index >= 15 is 0 Å². The first-order chi connectivity index (χ1) is 20.1. The van der Waals surface area contributed by atoms with Crippen LogP contribution < -0.4 is 0 Å². The molecule has 2 aromatic carbocycles. The van der Waals surface area contributed by atoms with Gasteiger partial charge in [-0.1, -0.05) is 115 Å². The predicted octanol–water partition coefficient (Wildman–Crippen LogP) is 13.5. The highest BCUT2D eigenvalue weighted by Gasteiger charge is 2.42. The quantitative estimate of drug-likeness (QED) is 0.115. The number of rotatable bonds is 16. The van der Waals surface area contributed by atoms with Gasteiger partial charge in [0.05, 0.1) is 0 Å². The topological polar surface area (TPSA) is 0 Å². The maximum atomic E-state index is 2.61. The van der Waals surface area contributed by atoms with Crippen LogP contribution in [0.3, 0.4) is 0 Å². The highest BCUT2D eigenvalue weighted by Crippen LogP contribution is 2.56. The Morgan fingerprint density at radius 3 is 1.32 bits per heavy atom. The second-order valence-electron chi connectivity index (χ2n) is 12.5. The maximum absolute atomic E-state index is 2.61. The Kier molecular flexibility index (Phi) is 10.6. The molecule has 0 fully saturated rings. The summed E-state index contributed by atoms with van der Waals surface area (Å²) in [6, 6.07) is 19.5. The number of unbranched alkanes of at least 4 members (excludes halogenated alkanes) is 10. The lowest BCUT2D eigenvalue weighted by Crippen LogP contribution is -2.25. The summed E-state index contributed by atoms with van der Waals surface area (Å²) in [5.41, 5.74) is 11.9. The maximum Gasteiger partial charge on any atom is 0.0371 e. The fourth-order valence-electron chi connectivity index (χ4n) is 7.19. The third-order valence-electron chi connectivity index (χ3n) is 9.52. The van der Waals surface area contributed by atoms with E-state index in [9.17, 15) is 0 Å². The first kappa shape index (κ1) is 30.3. The van der Waals surface area contributed by atoms with Gasteiger partial charge in [-0.2, -0.15) is 0 Å². The highest BCUT2D eigenvalue weighted by atomic mass is 32.1. The molecule has 4 aromatic rings. The Morgan fingerprint density at radius 2 is 0.927 bits per heavy atom. The van der Waals surface area contributed by atoms with E-state index < -0.39 is 0 Å². The standard InChI is InChI=1S/C39H50S2/c1-5-7-9-11-13-15-23-39(24-16-14-12-10-8-6-2)35-27-31(37-29(3)21-25-40-37)17-19-33(35)34-20-18-32(28-36(34)39)38-30(4)22-26-41-38/h17-22,25-28H,5-16,23-24H2,1-4H3. The van der Waals surface area contributed by atoms with Crippen LogP contribution in [0.15, 0.2) is 59.3 Å². The van der Waals surface area contributed by atoms with Crippen molar-refractivity contribution in [3.8, 4) is 32.0 Å². The minimum absolute atomic E-state index is 0.114. The molecule has 0 nitrogen and oxygen atoms in total. The Hall–Kier alpha value is -2.16. The first-order valence-corrected chi connectivity index (χ1v) is 18.2. The highest BCUT2D eigenvalue weighted by molar-refractivity contribution is 7.14. The molecule has 0 aliphatic heterocycles. The van der Waals surface area contributed by atoms with Crippen LogP contribution in [0.2, 0.25) is 0 Å². The largest absolute Gasteiger partial charge is 0.144 e. The van der Waals surface area contributed by atoms with Gasteiger partial charge in [-0.3, -0.25) is 0 Å². The number of hydrogen-bond donors (Lipinski definition) is 0. The molecular weight excluding hydrogens is 533 g/mol. The predicted molar refractivity (Wildman–Crippen MR) is 185 cm³/mol. The number of benzene rings is 2. The molecule has 0 radical (unpaired) electrons. The second-order valence-corrected chi connectivity index (χ2v) is 14.3. The minimum atomic E-state index is 0.114. The van der Waals surface area contributed by atoms with Gasteiger partial charge in [-0.25, -0.2) is 0 Å². The van der Waals surface area contributed by atoms with Gasteiger partial charge in [0.15, 0.2) is 0 Å². The molecule has 1 aliphatic carbocycles. The van der Waals surface area contributed by atoms with Gasteiger partial charge in [-0.05, 0) is 106 Å². The number of fused-ring (bicyclic) bond motifs is 3. The average Bonchev–Trinajstić information content (AvgIpc) is 3.68. The Labute approximate surface area is 258 Å². The smallest absolute Gasteiger partial charge is 0.0371 e. The molecular formula is C39H50S2. The molecule has 2 heteroatoms. The summed E-state index contributed by atoms with van der Waals surface area (Å²) >= 11 is 3.79. The number of hydrogen-bond acceptors (Lipinski definition) is 2. The summed E-state index contributed by atoms with van der Waals surface area (Å²) in [5.74, 6) is 0. The summed E-state index contributed by atoms with van der Waals surface area (Å²) in [4.78, 5) is 2.87. The molecule has 0 saturated carbocycles. The molecule has 0 bridgehead atoms. The van der Waals surface area contributed by atoms with Crippen LogP contribution in [-0.4, -0.2) is 0 Å². The fourth-order valence-corrected chi connectivity index (χ4v) is 9.04. The lowest BCUT2D eigenvalue weighted by molar-refractivity contribution is 0.398. The summed E-state index contributed by atoms with van der Waals surface area (Å²) < 4.78 is 0. The second kappa shape index (κ2) is 14.3. The average molecular weight is 583 g/mol. The van der Waals surface area contributed by atoms with Crippen LogP contribution in [0.1, 0.15) is 126 Å². The molecule has 1 aliphatic rings. The van der Waals surface area contributed by atoms with Crippen molar-refractivity contribution >= 4 is 22.7 Å². The molecule has 0 N–H and O–H groups in total. The SMILES string of the molecule is CCCCCCCCC1(CCCCCCCC)c2cc(-c3sccc3C)ccc2-c2ccc(-c3sccc3C)cc21. The van der Waals surface area contributed by atoms with E-state index in [0.717, 1.165) is 0 Å². The van der Waals surface area contributed by atoms with Crippen molar-refractivity contribution in [3.05, 3.63) is 81.5 Å². The number of thiophene rings is 2. The molecule has 0 amide bonds. The van der Waals surface area contributed by atoms with Crippen LogP contribution in [0.25, 0.3) is 32.0 Å². The Bertz CT molecular complexity index is 1290. The Balaban J connectivity index is 1.56. The van der Waals surface area contributed by atoms with Crippen LogP contribution in [0.5, 0.6) is 0 Å². The van der Waals surface area contributed by atoms with E-state index in [1.54, 1.807) is 11.1 Å². The van der Waals surface area contributed by atoms with Gasteiger partial charge in [0.1, 0.15) is 0 Å². The molecule has 41 heavy (non-hydrogen) atoms. The van der Waals surface area contributed by atoms with Crippen molar-refractivity contribution < 1.29 is 0 Å². The number of aryl methyl sites for hydroxylation is 2. The van der Waals surface area contributed by atoms with Crippen molar-refractivity contribution in [2.45, 2.75) is 123 Å². The molecule has 5 rings (SSSR count). The van der Waals surface area contributed by atoms with Crippen molar-refractivity contribution in [2.75, 3.05) is 0 Å². The van der Waals surface area contributed by atoms with E-state index in [2.05, 4.69) is 87.0 Å². The molecule has 0 saturated heterocycles. The van der Waals surface area contributed by atoms with E-state index in [4.69, 9.17) is 0 Å². The van der Waals surface area contributed by atoms with Gasteiger partial charge < -0.3 is 0 Å². The molecule has 2 heterocycles. The van der Waals surface area contributed by atoms with Crippen molar-refractivity contribution in [2.24, 2.45) is 0 Å².